The van der Waals surface area contributed by atoms with E-state index in [9.17, 15) is 4.79 Å². The lowest BCUT2D eigenvalue weighted by molar-refractivity contribution is -0.135. The summed E-state index contributed by atoms with van der Waals surface area (Å²) in [5, 5.41) is 9.00. The third-order valence-electron chi connectivity index (χ3n) is 2.05. The van der Waals surface area contributed by atoms with Crippen LogP contribution in [-0.2, 0) is 14.3 Å². The average Bonchev–Trinajstić information content (AvgIpc) is 2.39. The van der Waals surface area contributed by atoms with Gasteiger partial charge in [0.25, 0.3) is 0 Å². The fourth-order valence-electron chi connectivity index (χ4n) is 1.32. The molecule has 0 bridgehead atoms. The van der Waals surface area contributed by atoms with Crippen LogP contribution in [0.3, 0.4) is 0 Å². The van der Waals surface area contributed by atoms with Crippen LogP contribution < -0.4 is 0 Å². The summed E-state index contributed by atoms with van der Waals surface area (Å²) in [4.78, 5) is 11.5. The van der Waals surface area contributed by atoms with Gasteiger partial charge < -0.3 is 9.47 Å². The highest BCUT2D eigenvalue weighted by atomic mass is 16.5. The fraction of sp³-hybridized carbons (Fsp3) is 0.231. The first-order valence-corrected chi connectivity index (χ1v) is 5.15. The SMILES string of the molecule is CCOC(=C(C#N)C(=O)OC)c1ccccc1. The van der Waals surface area contributed by atoms with Crippen molar-refractivity contribution < 1.29 is 14.3 Å². The normalized spacial score (nSPS) is 11.1. The number of esters is 1. The molecule has 1 aromatic carbocycles. The molecule has 0 aromatic heterocycles. The maximum absolute atomic E-state index is 11.5. The topological polar surface area (TPSA) is 59.3 Å². The van der Waals surface area contributed by atoms with Gasteiger partial charge in [0, 0.05) is 5.56 Å². The molecule has 88 valence electrons. The van der Waals surface area contributed by atoms with Gasteiger partial charge in [-0.05, 0) is 6.92 Å². The predicted octanol–water partition coefficient (Wildman–Crippen LogP) is 2.13. The Labute approximate surface area is 100 Å². The Hall–Kier alpha value is -2.28. The average molecular weight is 231 g/mol. The van der Waals surface area contributed by atoms with Gasteiger partial charge in [-0.3, -0.25) is 0 Å². The molecule has 0 fully saturated rings. The van der Waals surface area contributed by atoms with E-state index in [0.717, 1.165) is 0 Å². The molecule has 0 heterocycles. The minimum Gasteiger partial charge on any atom is -0.492 e. The van der Waals surface area contributed by atoms with E-state index in [1.165, 1.54) is 7.11 Å². The molecule has 1 aromatic rings. The van der Waals surface area contributed by atoms with Gasteiger partial charge in [0.15, 0.2) is 11.3 Å². The molecule has 0 saturated heterocycles. The van der Waals surface area contributed by atoms with Crippen LogP contribution in [0.4, 0.5) is 0 Å². The lowest BCUT2D eigenvalue weighted by atomic mass is 10.1. The third kappa shape index (κ3) is 3.08. The molecule has 0 unspecified atom stereocenters. The van der Waals surface area contributed by atoms with E-state index in [2.05, 4.69) is 4.74 Å². The lowest BCUT2D eigenvalue weighted by Gasteiger charge is -2.10. The third-order valence-corrected chi connectivity index (χ3v) is 2.05. The van der Waals surface area contributed by atoms with Crippen molar-refractivity contribution in [2.24, 2.45) is 0 Å². The number of hydrogen-bond donors (Lipinski definition) is 0. The van der Waals surface area contributed by atoms with Crippen molar-refractivity contribution in [3.05, 3.63) is 41.5 Å². The van der Waals surface area contributed by atoms with E-state index in [1.807, 2.05) is 12.1 Å². The Balaban J connectivity index is 3.29. The molecule has 0 aliphatic rings. The minimum absolute atomic E-state index is 0.124. The summed E-state index contributed by atoms with van der Waals surface area (Å²) in [6, 6.07) is 10.8. The van der Waals surface area contributed by atoms with Gasteiger partial charge in [-0.1, -0.05) is 30.3 Å². The molecular weight excluding hydrogens is 218 g/mol. The van der Waals surface area contributed by atoms with Gasteiger partial charge in [-0.15, -0.1) is 0 Å². The van der Waals surface area contributed by atoms with Gasteiger partial charge >= 0.3 is 5.97 Å². The fourth-order valence-corrected chi connectivity index (χ4v) is 1.32. The zero-order valence-electron chi connectivity index (χ0n) is 9.77. The van der Waals surface area contributed by atoms with E-state index in [1.54, 1.807) is 31.2 Å². The molecule has 0 atom stereocenters. The summed E-state index contributed by atoms with van der Waals surface area (Å²) in [6.45, 7) is 2.15. The monoisotopic (exact) mass is 231 g/mol. The van der Waals surface area contributed by atoms with Gasteiger partial charge in [0.1, 0.15) is 6.07 Å². The van der Waals surface area contributed by atoms with Crippen LogP contribution in [0.25, 0.3) is 5.76 Å². The van der Waals surface area contributed by atoms with Crippen molar-refractivity contribution in [3.8, 4) is 6.07 Å². The van der Waals surface area contributed by atoms with Crippen LogP contribution in [0.5, 0.6) is 0 Å². The van der Waals surface area contributed by atoms with Gasteiger partial charge in [0.2, 0.25) is 0 Å². The van der Waals surface area contributed by atoms with Crippen LogP contribution in [0.15, 0.2) is 35.9 Å². The van der Waals surface area contributed by atoms with Crippen LogP contribution in [0.1, 0.15) is 12.5 Å². The highest BCUT2D eigenvalue weighted by Crippen LogP contribution is 2.20. The highest BCUT2D eigenvalue weighted by molar-refractivity contribution is 6.00. The largest absolute Gasteiger partial charge is 0.492 e. The Morgan fingerprint density at radius 1 is 1.35 bits per heavy atom. The second-order valence-electron chi connectivity index (χ2n) is 3.11. The van der Waals surface area contributed by atoms with E-state index in [0.29, 0.717) is 12.2 Å². The molecule has 0 aliphatic heterocycles. The first kappa shape index (κ1) is 12.8. The first-order valence-electron chi connectivity index (χ1n) is 5.15. The van der Waals surface area contributed by atoms with E-state index < -0.39 is 5.97 Å². The summed E-state index contributed by atoms with van der Waals surface area (Å²) in [5.74, 6) is -0.442. The number of nitrogens with zero attached hydrogens (tertiary/aromatic N) is 1. The smallest absolute Gasteiger partial charge is 0.352 e. The summed E-state index contributed by atoms with van der Waals surface area (Å²) >= 11 is 0. The summed E-state index contributed by atoms with van der Waals surface area (Å²) in [7, 11) is 1.23. The maximum Gasteiger partial charge on any atom is 0.352 e. The van der Waals surface area contributed by atoms with E-state index >= 15 is 0 Å². The molecular formula is C13H13NO3. The summed E-state index contributed by atoms with van der Waals surface area (Å²) in [5.41, 5.74) is 0.553. The Morgan fingerprint density at radius 3 is 2.47 bits per heavy atom. The molecule has 1 rings (SSSR count). The molecule has 0 aliphatic carbocycles. The van der Waals surface area contributed by atoms with Gasteiger partial charge in [-0.25, -0.2) is 4.79 Å². The number of hydrogen-bond acceptors (Lipinski definition) is 4. The van der Waals surface area contributed by atoms with Crippen molar-refractivity contribution in [2.75, 3.05) is 13.7 Å². The standard InChI is InChI=1S/C13H13NO3/c1-3-17-12(10-7-5-4-6-8-10)11(9-14)13(15)16-2/h4-8H,3H2,1-2H3. The number of benzene rings is 1. The number of carbonyl (C=O) groups excluding carboxylic acids is 1. The number of carbonyl (C=O) groups is 1. The molecule has 4 nitrogen and oxygen atoms in total. The molecule has 17 heavy (non-hydrogen) atoms. The molecule has 4 heteroatoms. The lowest BCUT2D eigenvalue weighted by Crippen LogP contribution is -2.08. The van der Waals surface area contributed by atoms with Gasteiger partial charge in [-0.2, -0.15) is 5.26 Å². The van der Waals surface area contributed by atoms with Crippen LogP contribution in [0.2, 0.25) is 0 Å². The van der Waals surface area contributed by atoms with E-state index in [4.69, 9.17) is 10.00 Å². The number of methoxy groups -OCH3 is 1. The second-order valence-corrected chi connectivity index (χ2v) is 3.11. The van der Waals surface area contributed by atoms with Crippen molar-refractivity contribution in [1.82, 2.24) is 0 Å². The van der Waals surface area contributed by atoms with E-state index in [-0.39, 0.29) is 11.3 Å². The number of rotatable bonds is 4. The Bertz CT molecular complexity index is 457. The molecule has 0 spiro atoms. The summed E-state index contributed by atoms with van der Waals surface area (Å²) < 4.78 is 9.91. The van der Waals surface area contributed by atoms with Crippen LogP contribution >= 0.6 is 0 Å². The molecule has 0 saturated carbocycles. The van der Waals surface area contributed by atoms with Crippen LogP contribution in [0, 0.1) is 11.3 Å². The van der Waals surface area contributed by atoms with Crippen molar-refractivity contribution >= 4 is 11.7 Å². The Morgan fingerprint density at radius 2 is 2.00 bits per heavy atom. The zero-order valence-corrected chi connectivity index (χ0v) is 9.77. The zero-order chi connectivity index (χ0) is 12.7. The maximum atomic E-state index is 11.5. The quantitative estimate of drug-likeness (QED) is 0.345. The van der Waals surface area contributed by atoms with Crippen molar-refractivity contribution in [2.45, 2.75) is 6.92 Å². The second kappa shape index (κ2) is 6.33. The highest BCUT2D eigenvalue weighted by Gasteiger charge is 2.18. The molecule has 0 N–H and O–H groups in total. The number of ether oxygens (including phenoxy) is 2. The minimum atomic E-state index is -0.695. The Kier molecular flexibility index (Phi) is 4.77. The number of nitriles is 1. The molecule has 0 radical (unpaired) electrons. The molecule has 0 amide bonds. The first-order chi connectivity index (χ1) is 8.24. The van der Waals surface area contributed by atoms with Crippen molar-refractivity contribution in [1.29, 1.82) is 5.26 Å². The van der Waals surface area contributed by atoms with Crippen molar-refractivity contribution in [3.63, 3.8) is 0 Å². The summed E-state index contributed by atoms with van der Waals surface area (Å²) in [6.07, 6.45) is 0. The predicted molar refractivity (Wildman–Crippen MR) is 62.6 cm³/mol. The van der Waals surface area contributed by atoms with Gasteiger partial charge in [0.05, 0.1) is 13.7 Å². The van der Waals surface area contributed by atoms with Crippen LogP contribution in [-0.4, -0.2) is 19.7 Å².